The summed E-state index contributed by atoms with van der Waals surface area (Å²) in [5, 5.41) is 1.02. The molecule has 0 heterocycles. The lowest BCUT2D eigenvalue weighted by atomic mass is 10.0. The van der Waals surface area contributed by atoms with Gasteiger partial charge in [0.1, 0.15) is 12.2 Å². The first-order chi connectivity index (χ1) is 15.3. The van der Waals surface area contributed by atoms with E-state index in [9.17, 15) is 9.59 Å². The van der Waals surface area contributed by atoms with Crippen molar-refractivity contribution < 1.29 is 28.5 Å². The van der Waals surface area contributed by atoms with Crippen LogP contribution in [-0.4, -0.2) is 32.8 Å². The van der Waals surface area contributed by atoms with Gasteiger partial charge in [0.25, 0.3) is 0 Å². The molecule has 0 N–H and O–H groups in total. The van der Waals surface area contributed by atoms with E-state index in [2.05, 4.69) is 6.58 Å². The molecule has 0 aliphatic carbocycles. The summed E-state index contributed by atoms with van der Waals surface area (Å²) in [6.07, 6.45) is 3.55. The zero-order valence-electron chi connectivity index (χ0n) is 18.1. The van der Waals surface area contributed by atoms with Crippen molar-refractivity contribution in [3.8, 4) is 11.5 Å². The SMILES string of the molecule is C=CCc1cc(C=C(C(=O)OC)C(=O)OC)cc(OCC)c1OCc1ccc(Cl)cc1Cl. The first-order valence-electron chi connectivity index (χ1n) is 9.70. The van der Waals surface area contributed by atoms with Crippen LogP contribution in [0.5, 0.6) is 11.5 Å². The minimum Gasteiger partial charge on any atom is -0.490 e. The maximum absolute atomic E-state index is 12.0. The number of carbonyl (C=O) groups is 2. The lowest BCUT2D eigenvalue weighted by molar-refractivity contribution is -0.143. The van der Waals surface area contributed by atoms with Crippen LogP contribution in [0.3, 0.4) is 0 Å². The van der Waals surface area contributed by atoms with E-state index in [1.54, 1.807) is 36.4 Å². The number of ether oxygens (including phenoxy) is 4. The van der Waals surface area contributed by atoms with Crippen LogP contribution in [0.4, 0.5) is 0 Å². The molecule has 0 radical (unpaired) electrons. The van der Waals surface area contributed by atoms with E-state index in [1.165, 1.54) is 20.3 Å². The summed E-state index contributed by atoms with van der Waals surface area (Å²) in [5.74, 6) is -0.666. The molecule has 32 heavy (non-hydrogen) atoms. The van der Waals surface area contributed by atoms with Gasteiger partial charge in [0.2, 0.25) is 0 Å². The lowest BCUT2D eigenvalue weighted by Gasteiger charge is -2.17. The molecule has 0 atom stereocenters. The van der Waals surface area contributed by atoms with Crippen LogP contribution >= 0.6 is 23.2 Å². The molecule has 0 aromatic heterocycles. The van der Waals surface area contributed by atoms with E-state index >= 15 is 0 Å². The van der Waals surface area contributed by atoms with E-state index < -0.39 is 11.9 Å². The number of hydrogen-bond donors (Lipinski definition) is 0. The van der Waals surface area contributed by atoms with Crippen LogP contribution in [0.15, 0.2) is 48.6 Å². The quantitative estimate of drug-likeness (QED) is 0.149. The highest BCUT2D eigenvalue weighted by Gasteiger charge is 2.21. The van der Waals surface area contributed by atoms with Gasteiger partial charge in [-0.05, 0) is 49.2 Å². The van der Waals surface area contributed by atoms with Crippen molar-refractivity contribution in [2.75, 3.05) is 20.8 Å². The fraction of sp³-hybridized carbons (Fsp3) is 0.250. The smallest absolute Gasteiger partial charge is 0.345 e. The lowest BCUT2D eigenvalue weighted by Crippen LogP contribution is -2.15. The Labute approximate surface area is 197 Å². The summed E-state index contributed by atoms with van der Waals surface area (Å²) in [6, 6.07) is 8.60. The highest BCUT2D eigenvalue weighted by Crippen LogP contribution is 2.36. The summed E-state index contributed by atoms with van der Waals surface area (Å²) in [5.41, 5.74) is 1.79. The monoisotopic (exact) mass is 478 g/mol. The number of carbonyl (C=O) groups excluding carboxylic acids is 2. The van der Waals surface area contributed by atoms with Gasteiger partial charge in [0.05, 0.1) is 20.8 Å². The van der Waals surface area contributed by atoms with Crippen LogP contribution in [0.1, 0.15) is 23.6 Å². The van der Waals surface area contributed by atoms with Crippen molar-refractivity contribution in [3.05, 3.63) is 75.3 Å². The highest BCUT2D eigenvalue weighted by molar-refractivity contribution is 6.35. The van der Waals surface area contributed by atoms with E-state index in [-0.39, 0.29) is 12.2 Å². The van der Waals surface area contributed by atoms with Crippen LogP contribution < -0.4 is 9.47 Å². The van der Waals surface area contributed by atoms with E-state index in [4.69, 9.17) is 42.1 Å². The normalized spacial score (nSPS) is 10.2. The maximum Gasteiger partial charge on any atom is 0.345 e. The second-order valence-electron chi connectivity index (χ2n) is 6.50. The third-order valence-electron chi connectivity index (χ3n) is 4.33. The Bertz CT molecular complexity index is 1010. The van der Waals surface area contributed by atoms with Gasteiger partial charge in [-0.25, -0.2) is 9.59 Å². The number of allylic oxidation sites excluding steroid dienone is 1. The first-order valence-corrected chi connectivity index (χ1v) is 10.5. The predicted molar refractivity (Wildman–Crippen MR) is 124 cm³/mol. The van der Waals surface area contributed by atoms with Crippen molar-refractivity contribution in [3.63, 3.8) is 0 Å². The molecule has 0 spiro atoms. The molecule has 0 aliphatic rings. The predicted octanol–water partition coefficient (Wildman–Crippen LogP) is 5.43. The van der Waals surface area contributed by atoms with Crippen molar-refractivity contribution in [2.45, 2.75) is 20.0 Å². The summed E-state index contributed by atoms with van der Waals surface area (Å²) < 4.78 is 21.2. The number of methoxy groups -OCH3 is 2. The van der Waals surface area contributed by atoms with Gasteiger partial charge in [-0.3, -0.25) is 0 Å². The molecular weight excluding hydrogens is 455 g/mol. The molecule has 0 amide bonds. The molecule has 2 aromatic carbocycles. The number of esters is 2. The van der Waals surface area contributed by atoms with E-state index in [1.807, 2.05) is 6.92 Å². The Balaban J connectivity index is 2.52. The topological polar surface area (TPSA) is 71.1 Å². The van der Waals surface area contributed by atoms with Gasteiger partial charge in [0, 0.05) is 21.2 Å². The van der Waals surface area contributed by atoms with Gasteiger partial charge in [0.15, 0.2) is 11.5 Å². The minimum absolute atomic E-state index is 0.185. The second kappa shape index (κ2) is 12.2. The zero-order valence-corrected chi connectivity index (χ0v) is 19.6. The Hall–Kier alpha value is -2.96. The molecule has 6 nitrogen and oxygen atoms in total. The summed E-state index contributed by atoms with van der Waals surface area (Å²) >= 11 is 12.2. The molecule has 170 valence electrons. The molecule has 8 heteroatoms. The fourth-order valence-corrected chi connectivity index (χ4v) is 3.34. The molecule has 2 rings (SSSR count). The maximum atomic E-state index is 12.0. The molecule has 0 aliphatic heterocycles. The van der Waals surface area contributed by atoms with Crippen LogP contribution in [0.25, 0.3) is 6.08 Å². The average Bonchev–Trinajstić information content (AvgIpc) is 2.77. The molecular formula is C24H24Cl2O6. The number of rotatable bonds is 10. The van der Waals surface area contributed by atoms with Gasteiger partial charge < -0.3 is 18.9 Å². The molecule has 0 fully saturated rings. The molecule has 0 saturated carbocycles. The van der Waals surface area contributed by atoms with Crippen molar-refractivity contribution >= 4 is 41.2 Å². The summed E-state index contributed by atoms with van der Waals surface area (Å²) in [7, 11) is 2.37. The zero-order chi connectivity index (χ0) is 23.7. The van der Waals surface area contributed by atoms with E-state index in [0.717, 1.165) is 11.1 Å². The van der Waals surface area contributed by atoms with Crippen molar-refractivity contribution in [2.24, 2.45) is 0 Å². The van der Waals surface area contributed by atoms with Gasteiger partial charge in [-0.15, -0.1) is 6.58 Å². The van der Waals surface area contributed by atoms with Crippen LogP contribution in [-0.2, 0) is 32.1 Å². The molecule has 0 saturated heterocycles. The van der Waals surface area contributed by atoms with Crippen molar-refractivity contribution in [1.82, 2.24) is 0 Å². The third kappa shape index (κ3) is 6.52. The molecule has 0 bridgehead atoms. The number of hydrogen-bond acceptors (Lipinski definition) is 6. The summed E-state index contributed by atoms with van der Waals surface area (Å²) in [6.45, 7) is 6.19. The Morgan fingerprint density at radius 3 is 2.25 bits per heavy atom. The minimum atomic E-state index is -0.808. The standard InChI is InChI=1S/C24H24Cl2O6/c1-5-7-16-10-15(11-19(23(27)29-3)24(28)30-4)12-21(31-6-2)22(16)32-14-17-8-9-18(25)13-20(17)26/h5,8-13H,1,6-7,14H2,2-4H3. The molecule has 0 unspecified atom stereocenters. The second-order valence-corrected chi connectivity index (χ2v) is 7.34. The van der Waals surface area contributed by atoms with E-state index in [0.29, 0.717) is 40.1 Å². The third-order valence-corrected chi connectivity index (χ3v) is 4.91. The summed E-state index contributed by atoms with van der Waals surface area (Å²) in [4.78, 5) is 24.1. The number of halogens is 2. The van der Waals surface area contributed by atoms with Gasteiger partial charge in [-0.2, -0.15) is 0 Å². The number of benzene rings is 2. The highest BCUT2D eigenvalue weighted by atomic mass is 35.5. The fourth-order valence-electron chi connectivity index (χ4n) is 2.88. The Morgan fingerprint density at radius 2 is 1.69 bits per heavy atom. The largest absolute Gasteiger partial charge is 0.490 e. The van der Waals surface area contributed by atoms with Crippen LogP contribution in [0, 0.1) is 0 Å². The van der Waals surface area contributed by atoms with Gasteiger partial charge >= 0.3 is 11.9 Å². The van der Waals surface area contributed by atoms with Crippen molar-refractivity contribution in [1.29, 1.82) is 0 Å². The average molecular weight is 479 g/mol. The Kier molecular flexibility index (Phi) is 9.62. The van der Waals surface area contributed by atoms with Gasteiger partial charge in [-0.1, -0.05) is 35.3 Å². The van der Waals surface area contributed by atoms with Crippen LogP contribution in [0.2, 0.25) is 10.0 Å². The molecule has 2 aromatic rings. The Morgan fingerprint density at radius 1 is 1.00 bits per heavy atom. The first kappa shape index (κ1) is 25.3.